The highest BCUT2D eigenvalue weighted by atomic mass is 15.2. The van der Waals surface area contributed by atoms with E-state index >= 15 is 0 Å². The quantitative estimate of drug-likeness (QED) is 0.494. The largest absolute Gasteiger partial charge is 0.330 e. The molecule has 5 heteroatoms. The minimum absolute atomic E-state index is 0.828. The first-order valence-electron chi connectivity index (χ1n) is 9.70. The number of hydrogen-bond acceptors (Lipinski definition) is 3. The van der Waals surface area contributed by atoms with Gasteiger partial charge in [-0.15, -0.1) is 0 Å². The smallest absolute Gasteiger partial charge is 0.123 e. The Bertz CT molecular complexity index is 977. The summed E-state index contributed by atoms with van der Waals surface area (Å²) in [6, 6.07) is 16.7. The lowest BCUT2D eigenvalue weighted by Crippen LogP contribution is -2.27. The van der Waals surface area contributed by atoms with E-state index in [1.165, 1.54) is 23.9 Å². The van der Waals surface area contributed by atoms with Crippen LogP contribution in [0.2, 0.25) is 0 Å². The molecule has 140 valence electrons. The maximum atomic E-state index is 4.86. The van der Waals surface area contributed by atoms with Gasteiger partial charge in [0.05, 0.1) is 35.2 Å². The summed E-state index contributed by atoms with van der Waals surface area (Å²) in [6.07, 6.45) is 2.36. The van der Waals surface area contributed by atoms with E-state index in [4.69, 9.17) is 9.97 Å². The minimum atomic E-state index is 0.828. The molecule has 0 aliphatic heterocycles. The number of imidazole rings is 2. The van der Waals surface area contributed by atoms with Crippen LogP contribution in [0, 0.1) is 0 Å². The average Bonchev–Trinajstić information content (AvgIpc) is 3.17. The van der Waals surface area contributed by atoms with Crippen LogP contribution >= 0.6 is 0 Å². The van der Waals surface area contributed by atoms with Crippen LogP contribution in [-0.2, 0) is 27.2 Å². The van der Waals surface area contributed by atoms with Gasteiger partial charge < -0.3 is 9.13 Å². The number of unbranched alkanes of at least 4 members (excludes halogenated alkanes) is 1. The Morgan fingerprint density at radius 3 is 1.70 bits per heavy atom. The Labute approximate surface area is 160 Å². The van der Waals surface area contributed by atoms with Gasteiger partial charge in [-0.25, -0.2) is 9.97 Å². The highest BCUT2D eigenvalue weighted by Crippen LogP contribution is 2.19. The van der Waals surface area contributed by atoms with Crippen molar-refractivity contribution in [2.45, 2.75) is 32.9 Å². The molecule has 0 fully saturated rings. The molecule has 0 spiro atoms. The van der Waals surface area contributed by atoms with Gasteiger partial charge in [-0.05, 0) is 37.2 Å². The highest BCUT2D eigenvalue weighted by molar-refractivity contribution is 5.76. The van der Waals surface area contributed by atoms with Gasteiger partial charge in [0.2, 0.25) is 0 Å². The third kappa shape index (κ3) is 3.47. The van der Waals surface area contributed by atoms with Crippen molar-refractivity contribution in [2.75, 3.05) is 6.54 Å². The molecule has 27 heavy (non-hydrogen) atoms. The fraction of sp³-hybridized carbons (Fsp3) is 0.364. The van der Waals surface area contributed by atoms with Gasteiger partial charge in [0.25, 0.3) is 0 Å². The van der Waals surface area contributed by atoms with Crippen molar-refractivity contribution < 1.29 is 0 Å². The molecule has 2 aromatic carbocycles. The van der Waals surface area contributed by atoms with E-state index < -0.39 is 0 Å². The van der Waals surface area contributed by atoms with Crippen LogP contribution in [0.1, 0.15) is 31.4 Å². The van der Waals surface area contributed by atoms with Gasteiger partial charge in [0.1, 0.15) is 11.6 Å². The lowest BCUT2D eigenvalue weighted by Gasteiger charge is -2.21. The maximum absolute atomic E-state index is 4.86. The standard InChI is InChI=1S/C22H27N5/c1-4-5-14-27(15-21-23-17-10-6-8-12-19(17)25(21)2)16-22-24-18-11-7-9-13-20(18)26(22)3/h6-13H,4-5,14-16H2,1-3H3. The van der Waals surface area contributed by atoms with Crippen molar-refractivity contribution in [1.82, 2.24) is 24.0 Å². The molecule has 0 amide bonds. The van der Waals surface area contributed by atoms with Crippen LogP contribution in [0.15, 0.2) is 48.5 Å². The van der Waals surface area contributed by atoms with Crippen molar-refractivity contribution in [2.24, 2.45) is 14.1 Å². The SMILES string of the molecule is CCCCN(Cc1nc2ccccc2n1C)Cc1nc2ccccc2n1C. The Balaban J connectivity index is 1.62. The second-order valence-electron chi connectivity index (χ2n) is 7.22. The molecule has 0 N–H and O–H groups in total. The zero-order valence-electron chi connectivity index (χ0n) is 16.4. The molecule has 4 rings (SSSR count). The number of para-hydroxylation sites is 4. The number of benzene rings is 2. The fourth-order valence-electron chi connectivity index (χ4n) is 3.67. The second kappa shape index (κ2) is 7.53. The van der Waals surface area contributed by atoms with E-state index in [1.54, 1.807) is 0 Å². The Morgan fingerprint density at radius 1 is 0.778 bits per heavy atom. The van der Waals surface area contributed by atoms with E-state index in [0.29, 0.717) is 0 Å². The van der Waals surface area contributed by atoms with E-state index in [9.17, 15) is 0 Å². The zero-order chi connectivity index (χ0) is 18.8. The third-order valence-corrected chi connectivity index (χ3v) is 5.32. The fourth-order valence-corrected chi connectivity index (χ4v) is 3.67. The number of fused-ring (bicyclic) bond motifs is 2. The number of rotatable bonds is 7. The first-order chi connectivity index (χ1) is 13.2. The van der Waals surface area contributed by atoms with Gasteiger partial charge >= 0.3 is 0 Å². The van der Waals surface area contributed by atoms with Crippen molar-refractivity contribution in [3.8, 4) is 0 Å². The van der Waals surface area contributed by atoms with Crippen molar-refractivity contribution in [3.63, 3.8) is 0 Å². The first-order valence-corrected chi connectivity index (χ1v) is 9.70. The Hall–Kier alpha value is -2.66. The van der Waals surface area contributed by atoms with E-state index in [-0.39, 0.29) is 0 Å². The van der Waals surface area contributed by atoms with Crippen LogP contribution in [0.25, 0.3) is 22.1 Å². The molecule has 0 saturated heterocycles. The topological polar surface area (TPSA) is 38.9 Å². The van der Waals surface area contributed by atoms with Gasteiger partial charge in [0, 0.05) is 14.1 Å². The normalized spacial score (nSPS) is 11.9. The summed E-state index contributed by atoms with van der Waals surface area (Å²) in [7, 11) is 4.22. The molecule has 0 unspecified atom stereocenters. The minimum Gasteiger partial charge on any atom is -0.330 e. The molecule has 0 aliphatic carbocycles. The zero-order valence-corrected chi connectivity index (χ0v) is 16.4. The molecule has 5 nitrogen and oxygen atoms in total. The van der Waals surface area contributed by atoms with Crippen LogP contribution in [-0.4, -0.2) is 30.5 Å². The van der Waals surface area contributed by atoms with Crippen molar-refractivity contribution in [1.29, 1.82) is 0 Å². The molecule has 0 atom stereocenters. The number of nitrogens with zero attached hydrogens (tertiary/aromatic N) is 5. The summed E-state index contributed by atoms with van der Waals surface area (Å²) in [5.41, 5.74) is 4.50. The lowest BCUT2D eigenvalue weighted by molar-refractivity contribution is 0.236. The van der Waals surface area contributed by atoms with Gasteiger partial charge in [-0.1, -0.05) is 37.6 Å². The van der Waals surface area contributed by atoms with Crippen LogP contribution in [0.3, 0.4) is 0 Å². The monoisotopic (exact) mass is 361 g/mol. The Kier molecular flexibility index (Phi) is 4.94. The number of hydrogen-bond donors (Lipinski definition) is 0. The number of aryl methyl sites for hydroxylation is 2. The molecular weight excluding hydrogens is 334 g/mol. The van der Waals surface area contributed by atoms with Gasteiger partial charge in [-0.2, -0.15) is 0 Å². The predicted molar refractivity (Wildman–Crippen MR) is 110 cm³/mol. The molecule has 0 saturated carbocycles. The van der Waals surface area contributed by atoms with Crippen molar-refractivity contribution in [3.05, 3.63) is 60.2 Å². The molecule has 0 bridgehead atoms. The molecule has 2 heterocycles. The molecule has 2 aromatic heterocycles. The first kappa shape index (κ1) is 17.7. The van der Waals surface area contributed by atoms with Crippen LogP contribution < -0.4 is 0 Å². The Morgan fingerprint density at radius 2 is 1.26 bits per heavy atom. The van der Waals surface area contributed by atoms with E-state index in [1.807, 2.05) is 12.1 Å². The number of aromatic nitrogens is 4. The third-order valence-electron chi connectivity index (χ3n) is 5.32. The summed E-state index contributed by atoms with van der Waals surface area (Å²) in [4.78, 5) is 12.2. The van der Waals surface area contributed by atoms with Gasteiger partial charge in [0.15, 0.2) is 0 Å². The molecule has 0 aliphatic rings. The second-order valence-corrected chi connectivity index (χ2v) is 7.22. The summed E-state index contributed by atoms with van der Waals surface area (Å²) >= 11 is 0. The summed E-state index contributed by atoms with van der Waals surface area (Å²) in [5.74, 6) is 2.21. The predicted octanol–water partition coefficient (Wildman–Crippen LogP) is 4.26. The summed E-state index contributed by atoms with van der Waals surface area (Å²) < 4.78 is 4.42. The molecular formula is C22H27N5. The maximum Gasteiger partial charge on any atom is 0.123 e. The lowest BCUT2D eigenvalue weighted by atomic mass is 10.3. The van der Waals surface area contributed by atoms with Crippen LogP contribution in [0.5, 0.6) is 0 Å². The molecule has 4 aromatic rings. The van der Waals surface area contributed by atoms with Crippen molar-refractivity contribution >= 4 is 22.1 Å². The van der Waals surface area contributed by atoms with E-state index in [2.05, 4.69) is 71.5 Å². The van der Waals surface area contributed by atoms with Crippen LogP contribution in [0.4, 0.5) is 0 Å². The molecule has 0 radical (unpaired) electrons. The summed E-state index contributed by atoms with van der Waals surface area (Å²) in [6.45, 7) is 4.94. The van der Waals surface area contributed by atoms with E-state index in [0.717, 1.165) is 42.3 Å². The summed E-state index contributed by atoms with van der Waals surface area (Å²) in [5, 5.41) is 0. The van der Waals surface area contributed by atoms with Gasteiger partial charge in [-0.3, -0.25) is 4.90 Å². The highest BCUT2D eigenvalue weighted by Gasteiger charge is 2.16. The average molecular weight is 361 g/mol.